The summed E-state index contributed by atoms with van der Waals surface area (Å²) in [4.78, 5) is 11.9. The van der Waals surface area contributed by atoms with Crippen LogP contribution in [0.3, 0.4) is 0 Å². The van der Waals surface area contributed by atoms with Gasteiger partial charge < -0.3 is 4.57 Å². The number of pyridine rings is 1. The standard InChI is InChI=1S/C10H7Cl2NOS/c11-5-7(12)6-13-3-1-9-8(10(13)14)2-4-15-9/h1-5H,6H2/b7-5+. The molecule has 2 nitrogen and oxygen atoms in total. The van der Waals surface area contributed by atoms with Gasteiger partial charge in [0.2, 0.25) is 0 Å². The molecule has 0 fully saturated rings. The number of allylic oxidation sites excluding steroid dienone is 1. The highest BCUT2D eigenvalue weighted by atomic mass is 35.5. The summed E-state index contributed by atoms with van der Waals surface area (Å²) in [5.74, 6) is 0. The van der Waals surface area contributed by atoms with Crippen LogP contribution in [-0.2, 0) is 6.54 Å². The maximum atomic E-state index is 11.9. The van der Waals surface area contributed by atoms with Crippen LogP contribution in [0.25, 0.3) is 10.1 Å². The van der Waals surface area contributed by atoms with Crippen molar-refractivity contribution >= 4 is 44.6 Å². The van der Waals surface area contributed by atoms with E-state index in [-0.39, 0.29) is 5.56 Å². The molecule has 2 heterocycles. The smallest absolute Gasteiger partial charge is 0.259 e. The van der Waals surface area contributed by atoms with Crippen molar-refractivity contribution in [2.24, 2.45) is 0 Å². The summed E-state index contributed by atoms with van der Waals surface area (Å²) < 4.78 is 2.53. The average Bonchev–Trinajstić information content (AvgIpc) is 2.70. The summed E-state index contributed by atoms with van der Waals surface area (Å²) in [6, 6.07) is 3.72. The molecule has 0 aliphatic rings. The first-order chi connectivity index (χ1) is 7.22. The second-order valence-electron chi connectivity index (χ2n) is 3.00. The zero-order chi connectivity index (χ0) is 10.8. The van der Waals surface area contributed by atoms with Gasteiger partial charge in [-0.1, -0.05) is 23.2 Å². The van der Waals surface area contributed by atoms with Crippen molar-refractivity contribution < 1.29 is 0 Å². The van der Waals surface area contributed by atoms with Gasteiger partial charge in [-0.2, -0.15) is 0 Å². The zero-order valence-electron chi connectivity index (χ0n) is 7.61. The Morgan fingerprint density at radius 1 is 1.53 bits per heavy atom. The second kappa shape index (κ2) is 4.39. The van der Waals surface area contributed by atoms with E-state index < -0.39 is 0 Å². The number of aromatic nitrogens is 1. The summed E-state index contributed by atoms with van der Waals surface area (Å²) in [5.41, 5.74) is 1.23. The third-order valence-corrected chi connectivity index (χ3v) is 3.52. The van der Waals surface area contributed by atoms with Gasteiger partial charge in [-0.05, 0) is 17.5 Å². The van der Waals surface area contributed by atoms with Gasteiger partial charge in [0.25, 0.3) is 5.56 Å². The Bertz CT molecular complexity index is 570. The molecule has 0 saturated carbocycles. The van der Waals surface area contributed by atoms with Crippen LogP contribution in [0, 0.1) is 0 Å². The second-order valence-corrected chi connectivity index (χ2v) is 4.65. The van der Waals surface area contributed by atoms with Gasteiger partial charge in [-0.25, -0.2) is 0 Å². The minimum Gasteiger partial charge on any atom is -0.310 e. The van der Waals surface area contributed by atoms with Crippen LogP contribution in [0.1, 0.15) is 0 Å². The summed E-state index contributed by atoms with van der Waals surface area (Å²) in [7, 11) is 0. The van der Waals surface area contributed by atoms with Gasteiger partial charge >= 0.3 is 0 Å². The molecular weight excluding hydrogens is 253 g/mol. The minimum atomic E-state index is -0.0367. The lowest BCUT2D eigenvalue weighted by atomic mass is 10.3. The molecule has 0 aliphatic heterocycles. The van der Waals surface area contributed by atoms with Gasteiger partial charge in [0.1, 0.15) is 0 Å². The van der Waals surface area contributed by atoms with Crippen LogP contribution in [0.15, 0.2) is 39.1 Å². The molecule has 2 aromatic heterocycles. The Morgan fingerprint density at radius 3 is 3.07 bits per heavy atom. The van der Waals surface area contributed by atoms with Crippen LogP contribution >= 0.6 is 34.5 Å². The van der Waals surface area contributed by atoms with Crippen molar-refractivity contribution in [3.63, 3.8) is 0 Å². The maximum absolute atomic E-state index is 11.9. The zero-order valence-corrected chi connectivity index (χ0v) is 9.94. The number of fused-ring (bicyclic) bond motifs is 1. The molecule has 0 aromatic carbocycles. The predicted octanol–water partition coefficient (Wildman–Crippen LogP) is 3.38. The van der Waals surface area contributed by atoms with Gasteiger partial charge in [-0.3, -0.25) is 4.79 Å². The SMILES string of the molecule is O=c1c2ccsc2ccn1C/C(Cl)=C\Cl. The lowest BCUT2D eigenvalue weighted by Gasteiger charge is -2.03. The fourth-order valence-electron chi connectivity index (χ4n) is 1.33. The fraction of sp³-hybridized carbons (Fsp3) is 0.100. The lowest BCUT2D eigenvalue weighted by Crippen LogP contribution is -2.18. The first-order valence-corrected chi connectivity index (χ1v) is 5.93. The summed E-state index contributed by atoms with van der Waals surface area (Å²) in [6.45, 7) is 0.315. The van der Waals surface area contributed by atoms with Gasteiger partial charge in [-0.15, -0.1) is 11.3 Å². The highest BCUT2D eigenvalue weighted by Crippen LogP contribution is 2.16. The Kier molecular flexibility index (Phi) is 3.14. The molecule has 0 bridgehead atoms. The van der Waals surface area contributed by atoms with E-state index in [9.17, 15) is 4.79 Å². The molecule has 0 amide bonds. The molecular formula is C10H7Cl2NOS. The quantitative estimate of drug-likeness (QED) is 0.811. The highest BCUT2D eigenvalue weighted by Gasteiger charge is 2.04. The lowest BCUT2D eigenvalue weighted by molar-refractivity contribution is 0.780. The van der Waals surface area contributed by atoms with E-state index in [0.717, 1.165) is 10.1 Å². The third kappa shape index (κ3) is 2.09. The van der Waals surface area contributed by atoms with Gasteiger partial charge in [0.05, 0.1) is 11.9 Å². The molecule has 2 aromatic rings. The highest BCUT2D eigenvalue weighted by molar-refractivity contribution is 7.17. The largest absolute Gasteiger partial charge is 0.310 e. The predicted molar refractivity (Wildman–Crippen MR) is 65.9 cm³/mol. The summed E-state index contributed by atoms with van der Waals surface area (Å²) >= 11 is 12.8. The van der Waals surface area contributed by atoms with E-state index in [1.54, 1.807) is 17.5 Å². The average molecular weight is 260 g/mol. The van der Waals surface area contributed by atoms with Crippen LogP contribution < -0.4 is 5.56 Å². The first-order valence-electron chi connectivity index (χ1n) is 4.24. The molecule has 0 spiro atoms. The third-order valence-electron chi connectivity index (χ3n) is 2.03. The normalized spacial score (nSPS) is 12.3. The van der Waals surface area contributed by atoms with E-state index in [2.05, 4.69) is 0 Å². The Morgan fingerprint density at radius 2 is 2.33 bits per heavy atom. The van der Waals surface area contributed by atoms with Gasteiger partial charge in [0.15, 0.2) is 0 Å². The Hall–Kier alpha value is -0.770. The van der Waals surface area contributed by atoms with Crippen molar-refractivity contribution in [1.29, 1.82) is 0 Å². The number of halogens is 2. The summed E-state index contributed by atoms with van der Waals surface area (Å²) in [6.07, 6.45) is 1.73. The summed E-state index contributed by atoms with van der Waals surface area (Å²) in [5, 5.41) is 3.06. The minimum absolute atomic E-state index is 0.0367. The van der Waals surface area contributed by atoms with Gasteiger partial charge in [0, 0.05) is 21.5 Å². The Labute approximate surface area is 100 Å². The van der Waals surface area contributed by atoms with Crippen molar-refractivity contribution in [2.45, 2.75) is 6.54 Å². The molecule has 0 unspecified atom stereocenters. The van der Waals surface area contributed by atoms with Crippen molar-refractivity contribution in [1.82, 2.24) is 4.57 Å². The van der Waals surface area contributed by atoms with Crippen molar-refractivity contribution in [3.8, 4) is 0 Å². The number of nitrogens with zero attached hydrogens (tertiary/aromatic N) is 1. The molecule has 0 saturated heterocycles. The maximum Gasteiger partial charge on any atom is 0.259 e. The first kappa shape index (κ1) is 10.7. The van der Waals surface area contributed by atoms with E-state index in [1.165, 1.54) is 10.1 Å². The Balaban J connectivity index is 2.53. The van der Waals surface area contributed by atoms with E-state index in [4.69, 9.17) is 23.2 Å². The molecule has 0 radical (unpaired) electrons. The molecule has 15 heavy (non-hydrogen) atoms. The molecule has 0 N–H and O–H groups in total. The van der Waals surface area contributed by atoms with Crippen LogP contribution in [0.4, 0.5) is 0 Å². The molecule has 0 atom stereocenters. The van der Waals surface area contributed by atoms with Crippen molar-refractivity contribution in [2.75, 3.05) is 0 Å². The molecule has 5 heteroatoms. The fourth-order valence-corrected chi connectivity index (χ4v) is 2.30. The number of hydrogen-bond donors (Lipinski definition) is 0. The van der Waals surface area contributed by atoms with E-state index in [0.29, 0.717) is 11.6 Å². The molecule has 2 rings (SSSR count). The topological polar surface area (TPSA) is 22.0 Å². The number of hydrogen-bond acceptors (Lipinski definition) is 2. The molecule has 0 aliphatic carbocycles. The van der Waals surface area contributed by atoms with E-state index in [1.807, 2.05) is 17.5 Å². The monoisotopic (exact) mass is 259 g/mol. The number of rotatable bonds is 2. The molecule has 78 valence electrons. The van der Waals surface area contributed by atoms with Crippen LogP contribution in [0.2, 0.25) is 0 Å². The van der Waals surface area contributed by atoms with Crippen molar-refractivity contribution in [3.05, 3.63) is 44.6 Å². The number of thiophene rings is 1. The van der Waals surface area contributed by atoms with Crippen LogP contribution in [-0.4, -0.2) is 4.57 Å². The van der Waals surface area contributed by atoms with Crippen LogP contribution in [0.5, 0.6) is 0 Å². The van der Waals surface area contributed by atoms with E-state index >= 15 is 0 Å².